The van der Waals surface area contributed by atoms with Gasteiger partial charge in [-0.25, -0.2) is 0 Å². The molecular weight excluding hydrogens is 164 g/mol. The van der Waals surface area contributed by atoms with E-state index in [4.69, 9.17) is 0 Å². The molecule has 0 aromatic heterocycles. The van der Waals surface area contributed by atoms with Gasteiger partial charge in [0.1, 0.15) is 0 Å². The van der Waals surface area contributed by atoms with E-state index < -0.39 is 0 Å². The highest BCUT2D eigenvalue weighted by molar-refractivity contribution is 5.82. The SMILES string of the molecule is C[C@H]1[C@H]2CNCC21NC(=O)C1CC1. The Kier molecular flexibility index (Phi) is 1.36. The lowest BCUT2D eigenvalue weighted by Crippen LogP contribution is -2.43. The fourth-order valence-electron chi connectivity index (χ4n) is 2.74. The molecule has 3 nitrogen and oxygen atoms in total. The van der Waals surface area contributed by atoms with Crippen LogP contribution in [0.3, 0.4) is 0 Å². The molecule has 3 atom stereocenters. The standard InChI is InChI=1S/C10H16N2O/c1-6-8-4-11-5-10(6,8)12-9(13)7-2-3-7/h6-8,11H,2-5H2,1H3,(H,12,13)/t6-,8+,10?/m0/s1. The van der Waals surface area contributed by atoms with Crippen LogP contribution < -0.4 is 10.6 Å². The predicted molar refractivity (Wildman–Crippen MR) is 49.1 cm³/mol. The molecule has 3 aliphatic rings. The van der Waals surface area contributed by atoms with Crippen molar-refractivity contribution in [3.05, 3.63) is 0 Å². The van der Waals surface area contributed by atoms with Crippen molar-refractivity contribution in [3.8, 4) is 0 Å². The third-order valence-electron chi connectivity index (χ3n) is 4.05. The molecule has 13 heavy (non-hydrogen) atoms. The topological polar surface area (TPSA) is 41.1 Å². The molecule has 1 aliphatic heterocycles. The van der Waals surface area contributed by atoms with Gasteiger partial charge in [0, 0.05) is 24.9 Å². The summed E-state index contributed by atoms with van der Waals surface area (Å²) in [6.45, 7) is 4.32. The molecule has 0 aromatic carbocycles. The largest absolute Gasteiger partial charge is 0.349 e. The van der Waals surface area contributed by atoms with E-state index in [1.807, 2.05) is 0 Å². The van der Waals surface area contributed by atoms with Gasteiger partial charge in [-0.05, 0) is 18.8 Å². The van der Waals surface area contributed by atoms with Crippen molar-refractivity contribution < 1.29 is 4.79 Å². The third kappa shape index (κ3) is 0.966. The number of hydrogen-bond acceptors (Lipinski definition) is 2. The van der Waals surface area contributed by atoms with Gasteiger partial charge in [0.25, 0.3) is 0 Å². The molecule has 0 aromatic rings. The van der Waals surface area contributed by atoms with E-state index in [2.05, 4.69) is 17.6 Å². The number of piperidine rings is 1. The molecular formula is C10H16N2O. The highest BCUT2D eigenvalue weighted by Gasteiger charge is 2.65. The van der Waals surface area contributed by atoms with Gasteiger partial charge in [-0.3, -0.25) is 4.79 Å². The highest BCUT2D eigenvalue weighted by atomic mass is 16.2. The Balaban J connectivity index is 1.68. The van der Waals surface area contributed by atoms with Gasteiger partial charge in [0.05, 0.1) is 5.54 Å². The molecule has 3 rings (SSSR count). The van der Waals surface area contributed by atoms with Crippen molar-refractivity contribution in [3.63, 3.8) is 0 Å². The third-order valence-corrected chi connectivity index (χ3v) is 4.05. The second kappa shape index (κ2) is 2.27. The molecule has 0 radical (unpaired) electrons. The Morgan fingerprint density at radius 1 is 1.54 bits per heavy atom. The lowest BCUT2D eigenvalue weighted by molar-refractivity contribution is -0.123. The fourth-order valence-corrected chi connectivity index (χ4v) is 2.74. The summed E-state index contributed by atoms with van der Waals surface area (Å²) in [7, 11) is 0. The quantitative estimate of drug-likeness (QED) is 0.634. The minimum atomic E-state index is 0.152. The molecule has 2 aliphatic carbocycles. The van der Waals surface area contributed by atoms with Crippen LogP contribution >= 0.6 is 0 Å². The number of nitrogens with one attached hydrogen (secondary N) is 2. The molecule has 3 heteroatoms. The minimum absolute atomic E-state index is 0.152. The first kappa shape index (κ1) is 7.80. The van der Waals surface area contributed by atoms with Crippen LogP contribution in [-0.2, 0) is 4.79 Å². The molecule has 3 fully saturated rings. The second-order valence-corrected chi connectivity index (χ2v) is 4.83. The normalized spacial score (nSPS) is 47.2. The molecule has 2 saturated carbocycles. The summed E-state index contributed by atoms with van der Waals surface area (Å²) in [5.41, 5.74) is 0.152. The summed E-state index contributed by atoms with van der Waals surface area (Å²) in [6, 6.07) is 0. The summed E-state index contributed by atoms with van der Waals surface area (Å²) < 4.78 is 0. The summed E-state index contributed by atoms with van der Waals surface area (Å²) in [5, 5.41) is 6.58. The maximum atomic E-state index is 11.6. The van der Waals surface area contributed by atoms with Crippen molar-refractivity contribution in [1.29, 1.82) is 0 Å². The van der Waals surface area contributed by atoms with Crippen molar-refractivity contribution in [1.82, 2.24) is 10.6 Å². The van der Waals surface area contributed by atoms with E-state index in [9.17, 15) is 4.79 Å². The fraction of sp³-hybridized carbons (Fsp3) is 0.900. The molecule has 1 unspecified atom stereocenters. The number of rotatable bonds is 2. The summed E-state index contributed by atoms with van der Waals surface area (Å²) >= 11 is 0. The van der Waals surface area contributed by atoms with Gasteiger partial charge in [-0.1, -0.05) is 6.92 Å². The molecule has 1 saturated heterocycles. The van der Waals surface area contributed by atoms with Crippen LogP contribution in [0, 0.1) is 17.8 Å². The van der Waals surface area contributed by atoms with E-state index in [-0.39, 0.29) is 5.54 Å². The predicted octanol–water partition coefficient (Wildman–Crippen LogP) is 0.120. The molecule has 72 valence electrons. The lowest BCUT2D eigenvalue weighted by atomic mass is 10.2. The van der Waals surface area contributed by atoms with Crippen LogP contribution in [0.4, 0.5) is 0 Å². The second-order valence-electron chi connectivity index (χ2n) is 4.83. The number of amides is 1. The average Bonchev–Trinajstić information content (AvgIpc) is 2.97. The number of fused-ring (bicyclic) bond motifs is 1. The summed E-state index contributed by atoms with van der Waals surface area (Å²) in [6.07, 6.45) is 2.21. The monoisotopic (exact) mass is 180 g/mol. The zero-order valence-corrected chi connectivity index (χ0v) is 7.97. The number of carbonyl (C=O) groups is 1. The Morgan fingerprint density at radius 2 is 2.31 bits per heavy atom. The van der Waals surface area contributed by atoms with Gasteiger partial charge in [0.2, 0.25) is 5.91 Å². The van der Waals surface area contributed by atoms with Crippen molar-refractivity contribution in [2.75, 3.05) is 13.1 Å². The van der Waals surface area contributed by atoms with Crippen LogP contribution in [0.15, 0.2) is 0 Å². The Hall–Kier alpha value is -0.570. The van der Waals surface area contributed by atoms with Crippen LogP contribution in [0.25, 0.3) is 0 Å². The average molecular weight is 180 g/mol. The van der Waals surface area contributed by atoms with E-state index >= 15 is 0 Å². The van der Waals surface area contributed by atoms with Crippen LogP contribution in [0.2, 0.25) is 0 Å². The summed E-state index contributed by atoms with van der Waals surface area (Å²) in [4.78, 5) is 11.6. The first-order chi connectivity index (χ1) is 6.24. The van der Waals surface area contributed by atoms with Gasteiger partial charge in [0.15, 0.2) is 0 Å². The van der Waals surface area contributed by atoms with E-state index in [1.165, 1.54) is 0 Å². The van der Waals surface area contributed by atoms with Gasteiger partial charge < -0.3 is 10.6 Å². The van der Waals surface area contributed by atoms with Crippen LogP contribution in [-0.4, -0.2) is 24.5 Å². The Bertz CT molecular complexity index is 262. The van der Waals surface area contributed by atoms with E-state index in [0.29, 0.717) is 23.7 Å². The molecule has 1 amide bonds. The zero-order valence-electron chi connectivity index (χ0n) is 7.97. The van der Waals surface area contributed by atoms with Gasteiger partial charge >= 0.3 is 0 Å². The highest BCUT2D eigenvalue weighted by Crippen LogP contribution is 2.52. The van der Waals surface area contributed by atoms with Crippen molar-refractivity contribution in [2.24, 2.45) is 17.8 Å². The first-order valence-corrected chi connectivity index (χ1v) is 5.27. The minimum Gasteiger partial charge on any atom is -0.349 e. The van der Waals surface area contributed by atoms with Crippen LogP contribution in [0.1, 0.15) is 19.8 Å². The lowest BCUT2D eigenvalue weighted by Gasteiger charge is -2.15. The van der Waals surface area contributed by atoms with E-state index in [0.717, 1.165) is 25.9 Å². The molecule has 0 bridgehead atoms. The maximum absolute atomic E-state index is 11.6. The van der Waals surface area contributed by atoms with Crippen molar-refractivity contribution in [2.45, 2.75) is 25.3 Å². The molecule has 0 spiro atoms. The smallest absolute Gasteiger partial charge is 0.223 e. The molecule has 1 heterocycles. The van der Waals surface area contributed by atoms with E-state index in [1.54, 1.807) is 0 Å². The number of hydrogen-bond donors (Lipinski definition) is 2. The Labute approximate surface area is 78.3 Å². The summed E-state index contributed by atoms with van der Waals surface area (Å²) in [5.74, 6) is 2.05. The maximum Gasteiger partial charge on any atom is 0.223 e. The molecule has 2 N–H and O–H groups in total. The van der Waals surface area contributed by atoms with Crippen molar-refractivity contribution >= 4 is 5.91 Å². The first-order valence-electron chi connectivity index (χ1n) is 5.27. The van der Waals surface area contributed by atoms with Crippen LogP contribution in [0.5, 0.6) is 0 Å². The van der Waals surface area contributed by atoms with Gasteiger partial charge in [-0.15, -0.1) is 0 Å². The number of carbonyl (C=O) groups excluding carboxylic acids is 1. The van der Waals surface area contributed by atoms with Gasteiger partial charge in [-0.2, -0.15) is 0 Å². The zero-order chi connectivity index (χ0) is 9.05. The Morgan fingerprint density at radius 3 is 2.85 bits per heavy atom.